The molecule has 0 aliphatic rings. The fraction of sp³-hybridized carbons (Fsp3) is 0.636. The van der Waals surface area contributed by atoms with E-state index in [-0.39, 0.29) is 11.2 Å². The quantitative estimate of drug-likeness (QED) is 0.808. The van der Waals surface area contributed by atoms with Gasteiger partial charge in [0.25, 0.3) is 5.56 Å². The predicted molar refractivity (Wildman–Crippen MR) is 60.2 cm³/mol. The summed E-state index contributed by atoms with van der Waals surface area (Å²) in [7, 11) is 1.50. The van der Waals surface area contributed by atoms with Gasteiger partial charge in [-0.25, -0.2) is 4.79 Å². The maximum atomic E-state index is 11.8. The van der Waals surface area contributed by atoms with Crippen LogP contribution in [0.1, 0.15) is 31.5 Å². The molecule has 0 spiro atoms. The second-order valence-electron chi connectivity index (χ2n) is 4.33. The lowest BCUT2D eigenvalue weighted by Crippen LogP contribution is -2.36. The number of H-pyrrole nitrogens is 1. The van der Waals surface area contributed by atoms with Crippen molar-refractivity contribution in [1.29, 1.82) is 0 Å². The summed E-state index contributed by atoms with van der Waals surface area (Å²) in [5.41, 5.74) is 0.914. The highest BCUT2D eigenvalue weighted by Gasteiger charge is 2.09. The first-order valence-corrected chi connectivity index (χ1v) is 5.22. The summed E-state index contributed by atoms with van der Waals surface area (Å²) in [6, 6.07) is 0. The van der Waals surface area contributed by atoms with Crippen LogP contribution in [-0.4, -0.2) is 9.55 Å². The number of nitrogens with zero attached hydrogens (tertiary/aromatic N) is 1. The Hall–Kier alpha value is -1.32. The van der Waals surface area contributed by atoms with Crippen LogP contribution in [0.3, 0.4) is 0 Å². The standard InChI is InChI=1S/C11H18N2O2/c1-7(2)5-6-9-8(3)12-11(15)13(4)10(9)14/h7H,5-6H2,1-4H3,(H,12,15). The van der Waals surface area contributed by atoms with Gasteiger partial charge in [0.2, 0.25) is 0 Å². The van der Waals surface area contributed by atoms with E-state index in [0.717, 1.165) is 23.0 Å². The van der Waals surface area contributed by atoms with Crippen LogP contribution in [0.25, 0.3) is 0 Å². The van der Waals surface area contributed by atoms with Crippen molar-refractivity contribution in [3.05, 3.63) is 32.1 Å². The normalized spacial score (nSPS) is 11.0. The Morgan fingerprint density at radius 1 is 1.33 bits per heavy atom. The Kier molecular flexibility index (Phi) is 3.50. The fourth-order valence-electron chi connectivity index (χ4n) is 1.50. The average Bonchev–Trinajstić information content (AvgIpc) is 2.14. The lowest BCUT2D eigenvalue weighted by atomic mass is 10.0. The average molecular weight is 210 g/mol. The summed E-state index contributed by atoms with van der Waals surface area (Å²) in [6.45, 7) is 6.01. The van der Waals surface area contributed by atoms with Gasteiger partial charge in [-0.3, -0.25) is 9.36 Å². The molecule has 0 amide bonds. The van der Waals surface area contributed by atoms with Crippen molar-refractivity contribution in [1.82, 2.24) is 9.55 Å². The molecule has 1 rings (SSSR count). The van der Waals surface area contributed by atoms with Crippen molar-refractivity contribution in [2.75, 3.05) is 0 Å². The first-order valence-electron chi connectivity index (χ1n) is 5.22. The summed E-state index contributed by atoms with van der Waals surface area (Å²) in [6.07, 6.45) is 1.69. The van der Waals surface area contributed by atoms with E-state index < -0.39 is 0 Å². The van der Waals surface area contributed by atoms with Gasteiger partial charge in [0.15, 0.2) is 0 Å². The number of nitrogens with one attached hydrogen (secondary N) is 1. The van der Waals surface area contributed by atoms with Crippen LogP contribution in [0, 0.1) is 12.8 Å². The van der Waals surface area contributed by atoms with Gasteiger partial charge in [0, 0.05) is 18.3 Å². The summed E-state index contributed by atoms with van der Waals surface area (Å²) in [4.78, 5) is 25.7. The number of rotatable bonds is 3. The highest BCUT2D eigenvalue weighted by molar-refractivity contribution is 5.15. The summed E-state index contributed by atoms with van der Waals surface area (Å²) < 4.78 is 1.13. The van der Waals surface area contributed by atoms with E-state index >= 15 is 0 Å². The van der Waals surface area contributed by atoms with E-state index in [1.807, 2.05) is 0 Å². The van der Waals surface area contributed by atoms with Crippen LogP contribution < -0.4 is 11.2 Å². The molecule has 15 heavy (non-hydrogen) atoms. The van der Waals surface area contributed by atoms with Crippen LogP contribution in [0.15, 0.2) is 9.59 Å². The molecule has 1 heterocycles. The van der Waals surface area contributed by atoms with Crippen LogP contribution >= 0.6 is 0 Å². The SMILES string of the molecule is Cc1[nH]c(=O)n(C)c(=O)c1CCC(C)C. The minimum atomic E-state index is -0.342. The minimum absolute atomic E-state index is 0.170. The molecule has 0 atom stereocenters. The van der Waals surface area contributed by atoms with Gasteiger partial charge >= 0.3 is 5.69 Å². The Labute approximate surface area is 89.0 Å². The smallest absolute Gasteiger partial charge is 0.311 e. The summed E-state index contributed by atoms with van der Waals surface area (Å²) in [5.74, 6) is 0.557. The molecule has 0 unspecified atom stereocenters. The third-order valence-corrected chi connectivity index (χ3v) is 2.59. The van der Waals surface area contributed by atoms with Gasteiger partial charge in [0.05, 0.1) is 0 Å². The molecule has 4 heteroatoms. The number of hydrogen-bond donors (Lipinski definition) is 1. The van der Waals surface area contributed by atoms with Crippen molar-refractivity contribution in [2.24, 2.45) is 13.0 Å². The van der Waals surface area contributed by atoms with Crippen LogP contribution in [0.2, 0.25) is 0 Å². The zero-order chi connectivity index (χ0) is 11.6. The first kappa shape index (κ1) is 11.8. The van der Waals surface area contributed by atoms with Crippen molar-refractivity contribution in [3.8, 4) is 0 Å². The second kappa shape index (κ2) is 4.47. The van der Waals surface area contributed by atoms with Gasteiger partial charge < -0.3 is 4.98 Å². The van der Waals surface area contributed by atoms with Gasteiger partial charge in [-0.1, -0.05) is 13.8 Å². The van der Waals surface area contributed by atoms with Crippen molar-refractivity contribution >= 4 is 0 Å². The van der Waals surface area contributed by atoms with Gasteiger partial charge in [-0.05, 0) is 25.7 Å². The molecule has 0 bridgehead atoms. The lowest BCUT2D eigenvalue weighted by molar-refractivity contribution is 0.577. The molecule has 4 nitrogen and oxygen atoms in total. The fourth-order valence-corrected chi connectivity index (χ4v) is 1.50. The monoisotopic (exact) mass is 210 g/mol. The molecular weight excluding hydrogens is 192 g/mol. The molecular formula is C11H18N2O2. The number of aromatic amines is 1. The molecule has 0 saturated carbocycles. The van der Waals surface area contributed by atoms with E-state index in [2.05, 4.69) is 18.8 Å². The van der Waals surface area contributed by atoms with Crippen molar-refractivity contribution in [3.63, 3.8) is 0 Å². The topological polar surface area (TPSA) is 54.9 Å². The molecule has 0 aliphatic heterocycles. The predicted octanol–water partition coefficient (Wildman–Crippen LogP) is 0.971. The first-order chi connectivity index (χ1) is 6.93. The highest BCUT2D eigenvalue weighted by atomic mass is 16.2. The van der Waals surface area contributed by atoms with Crippen LogP contribution in [0.5, 0.6) is 0 Å². The highest BCUT2D eigenvalue weighted by Crippen LogP contribution is 2.06. The number of hydrogen-bond acceptors (Lipinski definition) is 2. The molecule has 1 aromatic heterocycles. The molecule has 0 fully saturated rings. The zero-order valence-corrected chi connectivity index (χ0v) is 9.76. The molecule has 0 aromatic carbocycles. The van der Waals surface area contributed by atoms with Crippen LogP contribution in [-0.2, 0) is 13.5 Å². The van der Waals surface area contributed by atoms with E-state index in [4.69, 9.17) is 0 Å². The van der Waals surface area contributed by atoms with E-state index in [9.17, 15) is 9.59 Å². The lowest BCUT2D eigenvalue weighted by Gasteiger charge is -2.08. The van der Waals surface area contributed by atoms with Gasteiger partial charge in [-0.15, -0.1) is 0 Å². The van der Waals surface area contributed by atoms with Crippen molar-refractivity contribution < 1.29 is 0 Å². The molecule has 1 N–H and O–H groups in total. The summed E-state index contributed by atoms with van der Waals surface area (Å²) >= 11 is 0. The van der Waals surface area contributed by atoms with Gasteiger partial charge in [0.1, 0.15) is 0 Å². The second-order valence-corrected chi connectivity index (χ2v) is 4.33. The third kappa shape index (κ3) is 2.58. The zero-order valence-electron chi connectivity index (χ0n) is 9.76. The Morgan fingerprint density at radius 3 is 2.47 bits per heavy atom. The Morgan fingerprint density at radius 2 is 1.93 bits per heavy atom. The number of aryl methyl sites for hydroxylation is 1. The van der Waals surface area contributed by atoms with Crippen LogP contribution in [0.4, 0.5) is 0 Å². The molecule has 1 aromatic rings. The molecule has 0 radical (unpaired) electrons. The summed E-state index contributed by atoms with van der Waals surface area (Å²) in [5, 5.41) is 0. The maximum absolute atomic E-state index is 11.8. The molecule has 84 valence electrons. The van der Waals surface area contributed by atoms with E-state index in [1.54, 1.807) is 6.92 Å². The largest absolute Gasteiger partial charge is 0.328 e. The Balaban J connectivity index is 3.13. The van der Waals surface area contributed by atoms with E-state index in [0.29, 0.717) is 11.6 Å². The van der Waals surface area contributed by atoms with Crippen molar-refractivity contribution in [2.45, 2.75) is 33.6 Å². The maximum Gasteiger partial charge on any atom is 0.328 e. The third-order valence-electron chi connectivity index (χ3n) is 2.59. The molecule has 0 aliphatic carbocycles. The van der Waals surface area contributed by atoms with Gasteiger partial charge in [-0.2, -0.15) is 0 Å². The Bertz CT molecular complexity index is 455. The minimum Gasteiger partial charge on any atom is -0.311 e. The molecule has 0 saturated heterocycles. The number of aromatic nitrogens is 2. The van der Waals surface area contributed by atoms with E-state index in [1.165, 1.54) is 7.05 Å².